The van der Waals surface area contributed by atoms with Crippen LogP contribution in [0.4, 0.5) is 0 Å². The first-order valence-electron chi connectivity index (χ1n) is 13.0. The lowest BCUT2D eigenvalue weighted by Gasteiger charge is -2.57. The van der Waals surface area contributed by atoms with E-state index in [-0.39, 0.29) is 6.61 Å². The van der Waals surface area contributed by atoms with E-state index >= 15 is 0 Å². The summed E-state index contributed by atoms with van der Waals surface area (Å²) in [5, 5.41) is 9.39. The molecule has 0 spiro atoms. The summed E-state index contributed by atoms with van der Waals surface area (Å²) in [6, 6.07) is 0. The lowest BCUT2D eigenvalue weighted by Crippen LogP contribution is -2.48. The highest BCUT2D eigenvalue weighted by Crippen LogP contribution is 2.66. The largest absolute Gasteiger partial charge is 0.396 e. The number of hydrogen-bond donors (Lipinski definition) is 1. The van der Waals surface area contributed by atoms with Crippen LogP contribution in [0.15, 0.2) is 36.0 Å². The van der Waals surface area contributed by atoms with Gasteiger partial charge >= 0.3 is 0 Å². The SMILES string of the molecule is C=C(C)[C@@H](C=C[C@@H](C)[C@H]1CC[C@H]2C3=CCC4CCCC[C@]4(C)[C@H]3CC[C@]12C)CCO. The van der Waals surface area contributed by atoms with Crippen molar-refractivity contribution in [2.45, 2.75) is 91.9 Å². The molecule has 0 aromatic rings. The van der Waals surface area contributed by atoms with Gasteiger partial charge < -0.3 is 5.11 Å². The third kappa shape index (κ3) is 3.68. The topological polar surface area (TPSA) is 20.2 Å². The molecule has 30 heavy (non-hydrogen) atoms. The maximum absolute atomic E-state index is 9.39. The fraction of sp³-hybridized carbons (Fsp3) is 0.793. The van der Waals surface area contributed by atoms with Gasteiger partial charge in [0.2, 0.25) is 0 Å². The van der Waals surface area contributed by atoms with E-state index in [0.29, 0.717) is 22.7 Å². The third-order valence-corrected chi connectivity index (χ3v) is 10.4. The minimum atomic E-state index is 0.245. The minimum Gasteiger partial charge on any atom is -0.396 e. The standard InChI is InChI=1S/C29H46O/c1-20(2)22(16-19-30)10-9-21(3)25-13-14-26-24-12-11-23-8-6-7-17-28(23,4)27(24)15-18-29(25,26)5/h9-10,12,21-23,25-27,30H,1,6-8,11,13-19H2,2-5H3/t21-,22+,23?,25-,26+,27+,28+,29-/m1/s1. The molecular weight excluding hydrogens is 364 g/mol. The lowest BCUT2D eigenvalue weighted by atomic mass is 9.48. The van der Waals surface area contributed by atoms with Gasteiger partial charge in [0.05, 0.1) is 0 Å². The Morgan fingerprint density at radius 2 is 1.87 bits per heavy atom. The van der Waals surface area contributed by atoms with Crippen LogP contribution in [0.25, 0.3) is 0 Å². The van der Waals surface area contributed by atoms with E-state index in [1.54, 1.807) is 0 Å². The normalized spacial score (nSPS) is 42.8. The molecule has 0 bridgehead atoms. The van der Waals surface area contributed by atoms with Crippen LogP contribution < -0.4 is 0 Å². The first-order valence-corrected chi connectivity index (χ1v) is 13.0. The Morgan fingerprint density at radius 3 is 2.60 bits per heavy atom. The predicted octanol–water partition coefficient (Wildman–Crippen LogP) is 7.72. The maximum atomic E-state index is 9.39. The van der Waals surface area contributed by atoms with Crippen molar-refractivity contribution in [3.05, 3.63) is 36.0 Å². The van der Waals surface area contributed by atoms with E-state index < -0.39 is 0 Å². The number of fused-ring (bicyclic) bond motifs is 5. The lowest BCUT2D eigenvalue weighted by molar-refractivity contribution is -0.00480. The van der Waals surface area contributed by atoms with Gasteiger partial charge in [-0.05, 0) is 105 Å². The number of aliphatic hydroxyl groups excluding tert-OH is 1. The van der Waals surface area contributed by atoms with Crippen LogP contribution in [0, 0.1) is 46.3 Å². The number of aliphatic hydroxyl groups is 1. The van der Waals surface area contributed by atoms with Crippen LogP contribution in [-0.4, -0.2) is 11.7 Å². The fourth-order valence-electron chi connectivity index (χ4n) is 8.54. The Labute approximate surface area is 186 Å². The van der Waals surface area contributed by atoms with Crippen LogP contribution in [0.3, 0.4) is 0 Å². The van der Waals surface area contributed by atoms with Crippen LogP contribution in [0.2, 0.25) is 0 Å². The summed E-state index contributed by atoms with van der Waals surface area (Å²) in [5.74, 6) is 4.37. The molecule has 0 amide bonds. The van der Waals surface area contributed by atoms with Gasteiger partial charge in [0, 0.05) is 6.61 Å². The number of allylic oxidation sites excluding steroid dienone is 5. The molecule has 1 heteroatoms. The molecule has 3 fully saturated rings. The zero-order chi connectivity index (χ0) is 21.5. The molecule has 4 aliphatic carbocycles. The summed E-state index contributed by atoms with van der Waals surface area (Å²) >= 11 is 0. The summed E-state index contributed by atoms with van der Waals surface area (Å²) < 4.78 is 0. The van der Waals surface area contributed by atoms with Crippen LogP contribution in [-0.2, 0) is 0 Å². The number of hydrogen-bond acceptors (Lipinski definition) is 1. The highest BCUT2D eigenvalue weighted by atomic mass is 16.3. The van der Waals surface area contributed by atoms with E-state index in [1.807, 2.05) is 5.57 Å². The third-order valence-electron chi connectivity index (χ3n) is 10.4. The molecule has 0 aromatic heterocycles. The minimum absolute atomic E-state index is 0.245. The Bertz CT molecular complexity index is 701. The average molecular weight is 411 g/mol. The highest BCUT2D eigenvalue weighted by Gasteiger charge is 2.57. The zero-order valence-electron chi connectivity index (χ0n) is 20.1. The van der Waals surface area contributed by atoms with E-state index in [1.165, 1.54) is 63.4 Å². The first kappa shape index (κ1) is 22.4. The van der Waals surface area contributed by atoms with Crippen LogP contribution in [0.5, 0.6) is 0 Å². The molecule has 0 heterocycles. The molecule has 0 saturated heterocycles. The Balaban J connectivity index is 1.52. The Hall–Kier alpha value is -0.820. The molecule has 3 saturated carbocycles. The smallest absolute Gasteiger partial charge is 0.0439 e. The molecule has 0 aliphatic heterocycles. The van der Waals surface area contributed by atoms with Crippen molar-refractivity contribution in [1.29, 1.82) is 0 Å². The van der Waals surface area contributed by atoms with Crippen LogP contribution in [0.1, 0.15) is 91.9 Å². The van der Waals surface area contributed by atoms with Crippen molar-refractivity contribution >= 4 is 0 Å². The van der Waals surface area contributed by atoms with Gasteiger partial charge in [-0.15, -0.1) is 0 Å². The summed E-state index contributed by atoms with van der Waals surface area (Å²) in [6.45, 7) is 14.2. The molecular formula is C29H46O. The molecule has 0 radical (unpaired) electrons. The second-order valence-electron chi connectivity index (χ2n) is 11.9. The van der Waals surface area contributed by atoms with Crippen molar-refractivity contribution in [3.8, 4) is 0 Å². The molecule has 1 unspecified atom stereocenters. The molecule has 1 nitrogen and oxygen atoms in total. The van der Waals surface area contributed by atoms with Gasteiger partial charge in [-0.1, -0.05) is 69.6 Å². The van der Waals surface area contributed by atoms with Crippen LogP contribution >= 0.6 is 0 Å². The van der Waals surface area contributed by atoms with E-state index in [4.69, 9.17) is 0 Å². The fourth-order valence-corrected chi connectivity index (χ4v) is 8.54. The highest BCUT2D eigenvalue weighted by molar-refractivity contribution is 5.28. The van der Waals surface area contributed by atoms with Gasteiger partial charge in [-0.2, -0.15) is 0 Å². The summed E-state index contributed by atoms with van der Waals surface area (Å²) in [5.41, 5.74) is 4.13. The molecule has 8 atom stereocenters. The molecule has 168 valence electrons. The molecule has 1 N–H and O–H groups in total. The molecule has 4 rings (SSSR count). The van der Waals surface area contributed by atoms with Crippen molar-refractivity contribution in [1.82, 2.24) is 0 Å². The maximum Gasteiger partial charge on any atom is 0.0439 e. The monoisotopic (exact) mass is 410 g/mol. The van der Waals surface area contributed by atoms with Crippen molar-refractivity contribution < 1.29 is 5.11 Å². The van der Waals surface area contributed by atoms with E-state index in [0.717, 1.165) is 30.1 Å². The van der Waals surface area contributed by atoms with E-state index in [2.05, 4.69) is 52.5 Å². The second kappa shape index (κ2) is 8.61. The van der Waals surface area contributed by atoms with Gasteiger partial charge in [-0.25, -0.2) is 0 Å². The van der Waals surface area contributed by atoms with Gasteiger partial charge in [0.25, 0.3) is 0 Å². The Morgan fingerprint density at radius 1 is 1.10 bits per heavy atom. The van der Waals surface area contributed by atoms with Crippen molar-refractivity contribution in [3.63, 3.8) is 0 Å². The Kier molecular flexibility index (Phi) is 6.42. The van der Waals surface area contributed by atoms with Gasteiger partial charge in [0.15, 0.2) is 0 Å². The van der Waals surface area contributed by atoms with Crippen molar-refractivity contribution in [2.75, 3.05) is 6.61 Å². The summed E-state index contributed by atoms with van der Waals surface area (Å²) in [4.78, 5) is 0. The quantitative estimate of drug-likeness (QED) is 0.444. The average Bonchev–Trinajstić information content (AvgIpc) is 3.07. The van der Waals surface area contributed by atoms with E-state index in [9.17, 15) is 5.11 Å². The second-order valence-corrected chi connectivity index (χ2v) is 11.9. The van der Waals surface area contributed by atoms with Gasteiger partial charge in [0.1, 0.15) is 0 Å². The molecule has 0 aromatic carbocycles. The molecule has 4 aliphatic rings. The first-order chi connectivity index (χ1) is 14.3. The zero-order valence-corrected chi connectivity index (χ0v) is 20.1. The van der Waals surface area contributed by atoms with Crippen molar-refractivity contribution in [2.24, 2.45) is 46.3 Å². The van der Waals surface area contributed by atoms with Gasteiger partial charge in [-0.3, -0.25) is 0 Å². The summed E-state index contributed by atoms with van der Waals surface area (Å²) in [6.07, 6.45) is 21.2. The predicted molar refractivity (Wildman–Crippen MR) is 128 cm³/mol. The summed E-state index contributed by atoms with van der Waals surface area (Å²) in [7, 11) is 0. The number of rotatable bonds is 6.